The SMILES string of the molecule is CCCCl.CCOCC. The van der Waals surface area contributed by atoms with Crippen molar-refractivity contribution in [3.8, 4) is 0 Å². The highest BCUT2D eigenvalue weighted by atomic mass is 35.5. The summed E-state index contributed by atoms with van der Waals surface area (Å²) < 4.78 is 4.83. The lowest BCUT2D eigenvalue weighted by Crippen LogP contribution is -1.84. The Hall–Kier alpha value is 0.250. The minimum absolute atomic E-state index is 0.792. The van der Waals surface area contributed by atoms with Gasteiger partial charge in [-0.3, -0.25) is 0 Å². The highest BCUT2D eigenvalue weighted by molar-refractivity contribution is 6.17. The van der Waals surface area contributed by atoms with E-state index in [0.29, 0.717) is 0 Å². The second-order valence-corrected chi connectivity index (χ2v) is 1.85. The van der Waals surface area contributed by atoms with Gasteiger partial charge in [0.1, 0.15) is 0 Å². The van der Waals surface area contributed by atoms with Crippen molar-refractivity contribution in [3.05, 3.63) is 0 Å². The smallest absolute Gasteiger partial charge is 0.0437 e. The van der Waals surface area contributed by atoms with Crippen molar-refractivity contribution in [1.82, 2.24) is 0 Å². The van der Waals surface area contributed by atoms with E-state index in [9.17, 15) is 0 Å². The van der Waals surface area contributed by atoms with Crippen LogP contribution in [-0.4, -0.2) is 19.1 Å². The molecule has 0 radical (unpaired) electrons. The van der Waals surface area contributed by atoms with Gasteiger partial charge in [-0.25, -0.2) is 0 Å². The van der Waals surface area contributed by atoms with Gasteiger partial charge < -0.3 is 4.74 Å². The Morgan fingerprint density at radius 1 is 1.11 bits per heavy atom. The van der Waals surface area contributed by atoms with E-state index in [4.69, 9.17) is 16.3 Å². The Bertz CT molecular complexity index is 28.1. The molecular weight excluding hydrogens is 136 g/mol. The maximum Gasteiger partial charge on any atom is 0.0437 e. The van der Waals surface area contributed by atoms with E-state index in [1.807, 2.05) is 20.8 Å². The summed E-state index contributed by atoms with van der Waals surface area (Å²) >= 11 is 5.19. The second-order valence-electron chi connectivity index (χ2n) is 1.47. The third kappa shape index (κ3) is 30.5. The molecule has 0 aromatic carbocycles. The van der Waals surface area contributed by atoms with E-state index >= 15 is 0 Å². The van der Waals surface area contributed by atoms with E-state index in [0.717, 1.165) is 25.5 Å². The minimum Gasteiger partial charge on any atom is -0.382 e. The molecule has 0 heterocycles. The molecule has 0 aliphatic carbocycles. The van der Waals surface area contributed by atoms with Crippen molar-refractivity contribution >= 4 is 11.6 Å². The fourth-order valence-corrected chi connectivity index (χ4v) is 0.204. The van der Waals surface area contributed by atoms with Gasteiger partial charge in [-0.15, -0.1) is 11.6 Å². The zero-order valence-electron chi connectivity index (χ0n) is 6.61. The van der Waals surface area contributed by atoms with Gasteiger partial charge in [0, 0.05) is 19.1 Å². The summed E-state index contributed by atoms with van der Waals surface area (Å²) in [5.41, 5.74) is 0. The topological polar surface area (TPSA) is 9.23 Å². The monoisotopic (exact) mass is 152 g/mol. The third-order valence-corrected chi connectivity index (χ3v) is 0.975. The van der Waals surface area contributed by atoms with Crippen molar-refractivity contribution in [2.24, 2.45) is 0 Å². The first-order valence-electron chi connectivity index (χ1n) is 3.47. The molecular formula is C7H17ClO. The molecule has 0 fully saturated rings. The summed E-state index contributed by atoms with van der Waals surface area (Å²) in [4.78, 5) is 0. The molecule has 0 saturated heterocycles. The molecule has 0 aromatic rings. The summed E-state index contributed by atoms with van der Waals surface area (Å²) in [5.74, 6) is 0.792. The van der Waals surface area contributed by atoms with Gasteiger partial charge in [0.15, 0.2) is 0 Å². The molecule has 2 heteroatoms. The van der Waals surface area contributed by atoms with Gasteiger partial charge in [-0.2, -0.15) is 0 Å². The van der Waals surface area contributed by atoms with Crippen LogP contribution < -0.4 is 0 Å². The van der Waals surface area contributed by atoms with Crippen LogP contribution >= 0.6 is 11.6 Å². The molecule has 0 unspecified atom stereocenters. The van der Waals surface area contributed by atoms with Crippen LogP contribution in [0.25, 0.3) is 0 Å². The Morgan fingerprint density at radius 3 is 1.44 bits per heavy atom. The average molecular weight is 153 g/mol. The maximum atomic E-state index is 5.19. The molecule has 0 N–H and O–H groups in total. The Kier molecular flexibility index (Phi) is 20.9. The number of hydrogen-bond donors (Lipinski definition) is 0. The second kappa shape index (κ2) is 15.7. The maximum absolute atomic E-state index is 5.19. The van der Waals surface area contributed by atoms with Crippen LogP contribution in [0.3, 0.4) is 0 Å². The molecule has 0 aliphatic rings. The minimum atomic E-state index is 0.792. The first-order chi connectivity index (χ1) is 4.33. The molecule has 58 valence electrons. The van der Waals surface area contributed by atoms with Gasteiger partial charge >= 0.3 is 0 Å². The molecule has 0 aromatic heterocycles. The molecule has 1 nitrogen and oxygen atoms in total. The van der Waals surface area contributed by atoms with Crippen LogP contribution in [-0.2, 0) is 4.74 Å². The lowest BCUT2D eigenvalue weighted by Gasteiger charge is -1.86. The molecule has 0 atom stereocenters. The molecule has 0 amide bonds. The lowest BCUT2D eigenvalue weighted by atomic mass is 10.6. The van der Waals surface area contributed by atoms with Crippen LogP contribution in [0, 0.1) is 0 Å². The number of hydrogen-bond acceptors (Lipinski definition) is 1. The summed E-state index contributed by atoms with van der Waals surface area (Å²) in [6.45, 7) is 7.72. The third-order valence-electron chi connectivity index (χ3n) is 0.597. The van der Waals surface area contributed by atoms with Crippen molar-refractivity contribution < 1.29 is 4.74 Å². The van der Waals surface area contributed by atoms with E-state index in [1.165, 1.54) is 0 Å². The Balaban J connectivity index is 0. The summed E-state index contributed by atoms with van der Waals surface area (Å²) in [6, 6.07) is 0. The highest BCUT2D eigenvalue weighted by Crippen LogP contribution is 1.75. The fourth-order valence-electron chi connectivity index (χ4n) is 0.204. The highest BCUT2D eigenvalue weighted by Gasteiger charge is 1.64. The van der Waals surface area contributed by atoms with Crippen LogP contribution in [0.15, 0.2) is 0 Å². The number of halogens is 1. The zero-order chi connectivity index (χ0) is 7.54. The van der Waals surface area contributed by atoms with Crippen LogP contribution in [0.1, 0.15) is 27.2 Å². The predicted octanol–water partition coefficient (Wildman–Crippen LogP) is 2.68. The van der Waals surface area contributed by atoms with Crippen molar-refractivity contribution in [2.75, 3.05) is 19.1 Å². The molecule has 0 spiro atoms. The molecule has 0 bridgehead atoms. The van der Waals surface area contributed by atoms with Gasteiger partial charge in [0.2, 0.25) is 0 Å². The average Bonchev–Trinajstić information content (AvgIpc) is 1.91. The van der Waals surface area contributed by atoms with E-state index in [-0.39, 0.29) is 0 Å². The Labute approximate surface area is 63.4 Å². The number of ether oxygens (including phenoxy) is 1. The normalized spacial score (nSPS) is 8.00. The molecule has 0 aliphatic heterocycles. The first-order valence-corrected chi connectivity index (χ1v) is 4.00. The summed E-state index contributed by atoms with van der Waals surface area (Å²) in [5, 5.41) is 0. The molecule has 0 saturated carbocycles. The van der Waals surface area contributed by atoms with Gasteiger partial charge in [0.05, 0.1) is 0 Å². The van der Waals surface area contributed by atoms with Crippen molar-refractivity contribution in [2.45, 2.75) is 27.2 Å². The van der Waals surface area contributed by atoms with Gasteiger partial charge in [-0.1, -0.05) is 6.92 Å². The van der Waals surface area contributed by atoms with Crippen LogP contribution in [0.4, 0.5) is 0 Å². The van der Waals surface area contributed by atoms with Crippen molar-refractivity contribution in [1.29, 1.82) is 0 Å². The van der Waals surface area contributed by atoms with Gasteiger partial charge in [0.25, 0.3) is 0 Å². The first kappa shape index (κ1) is 12.0. The standard InChI is InChI=1S/C4H10O.C3H7Cl/c1-3-5-4-2;1-2-3-4/h3-4H2,1-2H3;2-3H2,1H3. The predicted molar refractivity (Wildman–Crippen MR) is 43.2 cm³/mol. The molecule has 9 heavy (non-hydrogen) atoms. The molecule has 0 rings (SSSR count). The fraction of sp³-hybridized carbons (Fsp3) is 1.00. The van der Waals surface area contributed by atoms with E-state index in [1.54, 1.807) is 0 Å². The quantitative estimate of drug-likeness (QED) is 0.565. The van der Waals surface area contributed by atoms with E-state index in [2.05, 4.69) is 0 Å². The van der Waals surface area contributed by atoms with Crippen LogP contribution in [0.2, 0.25) is 0 Å². The summed E-state index contributed by atoms with van der Waals surface area (Å²) in [7, 11) is 0. The van der Waals surface area contributed by atoms with Crippen LogP contribution in [0.5, 0.6) is 0 Å². The van der Waals surface area contributed by atoms with Gasteiger partial charge in [-0.05, 0) is 20.3 Å². The largest absolute Gasteiger partial charge is 0.382 e. The lowest BCUT2D eigenvalue weighted by molar-refractivity contribution is 0.162. The number of rotatable bonds is 3. The van der Waals surface area contributed by atoms with Crippen molar-refractivity contribution in [3.63, 3.8) is 0 Å². The number of alkyl halides is 1. The zero-order valence-corrected chi connectivity index (χ0v) is 7.37. The Morgan fingerprint density at radius 2 is 1.44 bits per heavy atom. The van der Waals surface area contributed by atoms with E-state index < -0.39 is 0 Å². The summed E-state index contributed by atoms with van der Waals surface area (Å²) in [6.07, 6.45) is 1.08.